The van der Waals surface area contributed by atoms with Crippen LogP contribution >= 0.6 is 0 Å². The van der Waals surface area contributed by atoms with Crippen LogP contribution in [0.1, 0.15) is 50.3 Å². The van der Waals surface area contributed by atoms with E-state index in [1.54, 1.807) is 13.0 Å². The van der Waals surface area contributed by atoms with Gasteiger partial charge in [-0.15, -0.1) is 0 Å². The van der Waals surface area contributed by atoms with E-state index >= 15 is 0 Å². The summed E-state index contributed by atoms with van der Waals surface area (Å²) in [6.45, 7) is 5.79. The van der Waals surface area contributed by atoms with Gasteiger partial charge in [0.25, 0.3) is 0 Å². The first-order valence-corrected chi connectivity index (χ1v) is 12.5. The number of para-hydroxylation sites is 1. The van der Waals surface area contributed by atoms with Gasteiger partial charge in [0.1, 0.15) is 11.7 Å². The molecule has 2 aromatic carbocycles. The number of carbonyl (C=O) groups excluding carboxylic acids is 2. The number of ether oxygens (including phenoxy) is 1. The molecule has 2 heterocycles. The van der Waals surface area contributed by atoms with E-state index in [0.29, 0.717) is 19.3 Å². The fraction of sp³-hybridized carbons (Fsp3) is 0.448. The number of nitrogens with zero attached hydrogens (tertiary/aromatic N) is 1. The third kappa shape index (κ3) is 2.84. The molecule has 6 rings (SSSR count). The number of anilines is 1. The Hall–Kier alpha value is -2.96. The lowest BCUT2D eigenvalue weighted by molar-refractivity contribution is -0.169. The minimum atomic E-state index is -1.36. The van der Waals surface area contributed by atoms with Gasteiger partial charge < -0.3 is 9.84 Å². The van der Waals surface area contributed by atoms with Crippen LogP contribution in [0.2, 0.25) is 0 Å². The second-order valence-corrected chi connectivity index (χ2v) is 10.9. The fourth-order valence-corrected chi connectivity index (χ4v) is 7.03. The molecule has 0 radical (unpaired) electrons. The molecule has 1 saturated carbocycles. The van der Waals surface area contributed by atoms with Gasteiger partial charge in [0.2, 0.25) is 5.60 Å². The molecular weight excluding hydrogens is 442 g/mol. The average molecular weight is 474 g/mol. The smallest absolute Gasteiger partial charge is 0.342 e. The van der Waals surface area contributed by atoms with Crippen molar-refractivity contribution in [1.82, 2.24) is 0 Å². The van der Waals surface area contributed by atoms with E-state index in [0.717, 1.165) is 16.8 Å². The summed E-state index contributed by atoms with van der Waals surface area (Å²) in [7, 11) is 0. The van der Waals surface area contributed by atoms with Crippen molar-refractivity contribution in [3.8, 4) is 0 Å². The average Bonchev–Trinajstić information content (AvgIpc) is 3.45. The summed E-state index contributed by atoms with van der Waals surface area (Å²) < 4.78 is 6.07. The maximum absolute atomic E-state index is 13.8. The first-order valence-electron chi connectivity index (χ1n) is 12.5. The molecule has 1 spiro atoms. The van der Waals surface area contributed by atoms with Gasteiger partial charge >= 0.3 is 5.97 Å². The lowest BCUT2D eigenvalue weighted by atomic mass is 9.63. The fourth-order valence-electron chi connectivity index (χ4n) is 7.03. The van der Waals surface area contributed by atoms with Crippen molar-refractivity contribution in [2.75, 3.05) is 5.06 Å². The number of aryl methyl sites for hydroxylation is 1. The number of fused-ring (bicyclic) bond motifs is 4. The Morgan fingerprint density at radius 3 is 2.49 bits per heavy atom. The highest BCUT2D eigenvalue weighted by molar-refractivity contribution is 6.00. The molecule has 3 fully saturated rings. The number of hydrogen-bond acceptors (Lipinski definition) is 6. The Labute approximate surface area is 205 Å². The van der Waals surface area contributed by atoms with Crippen LogP contribution in [-0.4, -0.2) is 34.2 Å². The second kappa shape index (κ2) is 7.52. The number of rotatable bonds is 2. The normalized spacial score (nSPS) is 40.1. The van der Waals surface area contributed by atoms with Gasteiger partial charge in [-0.2, -0.15) is 0 Å². The number of allylic oxidation sites excluding steroid dienone is 1. The van der Waals surface area contributed by atoms with E-state index in [9.17, 15) is 14.7 Å². The Bertz CT molecular complexity index is 1230. The van der Waals surface area contributed by atoms with Crippen molar-refractivity contribution in [1.29, 1.82) is 0 Å². The van der Waals surface area contributed by atoms with Crippen molar-refractivity contribution in [2.24, 2.45) is 17.3 Å². The minimum Gasteiger partial charge on any atom is -0.459 e. The lowest BCUT2D eigenvalue weighted by Gasteiger charge is -2.43. The molecule has 6 nitrogen and oxygen atoms in total. The Balaban J connectivity index is 1.47. The molecule has 2 saturated heterocycles. The van der Waals surface area contributed by atoms with Crippen LogP contribution in [0.25, 0.3) is 0 Å². The summed E-state index contributed by atoms with van der Waals surface area (Å²) in [5.74, 6) is -1.15. The summed E-state index contributed by atoms with van der Waals surface area (Å²) in [6, 6.07) is 17.8. The van der Waals surface area contributed by atoms with Crippen molar-refractivity contribution in [2.45, 2.75) is 63.4 Å². The quantitative estimate of drug-likeness (QED) is 0.649. The topological polar surface area (TPSA) is 76.1 Å². The number of ketones is 1. The standard InChI is InChI=1S/C29H31NO5/c1-18-9-7-8-12-21(18)23-17-28(35-30(23)20-10-5-4-6-11-20)22-14-13-19(2)29(33)16-15-24(31)27(29,3)25(22)34-26(28)32/h4-12,15-16,19,22-23,25,33H,13-14,17H2,1-3H3/t19-,22+,23-,25+,27-,28?,29+/m0/s1. The largest absolute Gasteiger partial charge is 0.459 e. The predicted molar refractivity (Wildman–Crippen MR) is 130 cm³/mol. The first-order chi connectivity index (χ1) is 16.7. The van der Waals surface area contributed by atoms with Gasteiger partial charge in [0.15, 0.2) is 5.78 Å². The van der Waals surface area contributed by atoms with Crippen molar-refractivity contribution in [3.05, 3.63) is 77.9 Å². The monoisotopic (exact) mass is 473 g/mol. The van der Waals surface area contributed by atoms with Crippen LogP contribution in [-0.2, 0) is 19.2 Å². The molecule has 2 aromatic rings. The summed E-state index contributed by atoms with van der Waals surface area (Å²) in [4.78, 5) is 33.7. The van der Waals surface area contributed by atoms with Gasteiger partial charge in [-0.25, -0.2) is 9.86 Å². The van der Waals surface area contributed by atoms with E-state index in [1.807, 2.05) is 54.5 Å². The summed E-state index contributed by atoms with van der Waals surface area (Å²) in [6.07, 6.45) is 4.01. The third-order valence-electron chi connectivity index (χ3n) is 9.21. The molecule has 35 heavy (non-hydrogen) atoms. The second-order valence-electron chi connectivity index (χ2n) is 10.9. The maximum atomic E-state index is 13.8. The van der Waals surface area contributed by atoms with Gasteiger partial charge in [-0.1, -0.05) is 49.4 Å². The maximum Gasteiger partial charge on any atom is 0.342 e. The molecule has 2 aliphatic carbocycles. The Morgan fingerprint density at radius 2 is 1.74 bits per heavy atom. The first kappa shape index (κ1) is 22.5. The number of esters is 1. The molecule has 0 aromatic heterocycles. The third-order valence-corrected chi connectivity index (χ3v) is 9.21. The van der Waals surface area contributed by atoms with Crippen molar-refractivity contribution < 1.29 is 24.3 Å². The zero-order valence-electron chi connectivity index (χ0n) is 20.3. The number of hydrogen-bond donors (Lipinski definition) is 1. The molecule has 182 valence electrons. The van der Waals surface area contributed by atoms with E-state index < -0.39 is 28.7 Å². The Morgan fingerprint density at radius 1 is 1.03 bits per heavy atom. The molecular formula is C29H31NO5. The van der Waals surface area contributed by atoms with Crippen molar-refractivity contribution in [3.63, 3.8) is 0 Å². The van der Waals surface area contributed by atoms with E-state index in [4.69, 9.17) is 9.57 Å². The van der Waals surface area contributed by atoms with E-state index in [2.05, 4.69) is 19.1 Å². The van der Waals surface area contributed by atoms with Crippen LogP contribution < -0.4 is 5.06 Å². The summed E-state index contributed by atoms with van der Waals surface area (Å²) in [5.41, 5.74) is -0.765. The van der Waals surface area contributed by atoms with Crippen LogP contribution in [0.3, 0.4) is 0 Å². The number of aliphatic hydroxyl groups is 1. The Kier molecular flexibility index (Phi) is 4.83. The molecule has 2 aliphatic heterocycles. The number of benzene rings is 2. The predicted octanol–water partition coefficient (Wildman–Crippen LogP) is 4.46. The van der Waals surface area contributed by atoms with Crippen LogP contribution in [0.5, 0.6) is 0 Å². The zero-order valence-corrected chi connectivity index (χ0v) is 20.3. The van der Waals surface area contributed by atoms with Gasteiger partial charge in [0.05, 0.1) is 17.1 Å². The SMILES string of the molecule is Cc1ccccc1[C@@H]1CC2(ON1c1ccccc1)C(=O)O[C@@H]1[C@H]2CC[C@H](C)[C@]2(O)C=CC(=O)[C@@]12C. The number of carbonyl (C=O) groups is 2. The van der Waals surface area contributed by atoms with Gasteiger partial charge in [-0.3, -0.25) is 9.63 Å². The lowest BCUT2D eigenvalue weighted by Crippen LogP contribution is -2.57. The molecule has 0 amide bonds. The minimum absolute atomic E-state index is 0.157. The highest BCUT2D eigenvalue weighted by atomic mass is 16.7. The van der Waals surface area contributed by atoms with E-state index in [-0.39, 0.29) is 23.7 Å². The molecule has 6 heteroatoms. The highest BCUT2D eigenvalue weighted by Gasteiger charge is 2.74. The number of hydroxylamine groups is 1. The van der Waals surface area contributed by atoms with Gasteiger partial charge in [-0.05, 0) is 68.0 Å². The van der Waals surface area contributed by atoms with Crippen LogP contribution in [0.15, 0.2) is 66.7 Å². The van der Waals surface area contributed by atoms with E-state index in [1.165, 1.54) is 6.08 Å². The zero-order chi connectivity index (χ0) is 24.6. The van der Waals surface area contributed by atoms with Crippen LogP contribution in [0, 0.1) is 24.2 Å². The van der Waals surface area contributed by atoms with Crippen molar-refractivity contribution >= 4 is 17.4 Å². The molecule has 1 unspecified atom stereocenters. The molecule has 4 aliphatic rings. The van der Waals surface area contributed by atoms with Crippen LogP contribution in [0.4, 0.5) is 5.69 Å². The summed E-state index contributed by atoms with van der Waals surface area (Å²) in [5, 5.41) is 13.6. The molecule has 0 bridgehead atoms. The molecule has 1 N–H and O–H groups in total. The molecule has 7 atom stereocenters. The highest BCUT2D eigenvalue weighted by Crippen LogP contribution is 2.61. The van der Waals surface area contributed by atoms with Gasteiger partial charge in [0, 0.05) is 12.3 Å². The summed E-state index contributed by atoms with van der Waals surface area (Å²) >= 11 is 0.